The number of amides is 2. The molecule has 118 valence electrons. The summed E-state index contributed by atoms with van der Waals surface area (Å²) < 4.78 is 10.1. The number of urea groups is 1. The number of ether oxygens (including phenoxy) is 1. The predicted molar refractivity (Wildman–Crippen MR) is 82.2 cm³/mol. The minimum atomic E-state index is -0.408. The number of rotatable bonds is 5. The van der Waals surface area contributed by atoms with Gasteiger partial charge >= 0.3 is 6.03 Å². The van der Waals surface area contributed by atoms with E-state index in [0.29, 0.717) is 34.6 Å². The Kier molecular flexibility index (Phi) is 5.21. The average molecular weight is 325 g/mol. The van der Waals surface area contributed by atoms with Crippen molar-refractivity contribution in [2.75, 3.05) is 12.4 Å². The molecular weight excluding hydrogens is 308 g/mol. The Balaban J connectivity index is 2.08. The smallest absolute Gasteiger partial charge is 0.319 e. The number of nitrogens with zero attached hydrogens (tertiary/aromatic N) is 2. The largest absolute Gasteiger partial charge is 0.493 e. The van der Waals surface area contributed by atoms with Crippen LogP contribution >= 0.6 is 11.6 Å². The van der Waals surface area contributed by atoms with Gasteiger partial charge in [-0.05, 0) is 18.6 Å². The minimum Gasteiger partial charge on any atom is -0.493 e. The highest BCUT2D eigenvalue weighted by Crippen LogP contribution is 2.32. The fraction of sp³-hybridized carbons (Fsp3) is 0.357. The lowest BCUT2D eigenvalue weighted by molar-refractivity contribution is 0.247. The maximum absolute atomic E-state index is 12.1. The molecule has 1 aromatic carbocycles. The van der Waals surface area contributed by atoms with Gasteiger partial charge in [0.25, 0.3) is 0 Å². The molecule has 2 N–H and O–H groups in total. The van der Waals surface area contributed by atoms with Crippen molar-refractivity contribution in [3.05, 3.63) is 34.9 Å². The number of hydrogen-bond acceptors (Lipinski definition) is 5. The van der Waals surface area contributed by atoms with Gasteiger partial charge in [-0.3, -0.25) is 0 Å². The molecule has 0 aliphatic rings. The second kappa shape index (κ2) is 7.13. The van der Waals surface area contributed by atoms with Crippen molar-refractivity contribution >= 4 is 23.3 Å². The van der Waals surface area contributed by atoms with Gasteiger partial charge in [0.05, 0.1) is 23.9 Å². The third kappa shape index (κ3) is 3.67. The number of benzene rings is 1. The average Bonchev–Trinajstić information content (AvgIpc) is 2.91. The Morgan fingerprint density at radius 1 is 1.50 bits per heavy atom. The molecular formula is C14H17ClN4O3. The molecule has 0 saturated heterocycles. The molecule has 0 aliphatic heterocycles. The van der Waals surface area contributed by atoms with E-state index in [-0.39, 0.29) is 6.04 Å². The van der Waals surface area contributed by atoms with E-state index < -0.39 is 6.03 Å². The van der Waals surface area contributed by atoms with Crippen LogP contribution in [0.25, 0.3) is 0 Å². The Bertz CT molecular complexity index is 659. The number of carbonyl (C=O) groups is 1. The molecule has 0 fully saturated rings. The van der Waals surface area contributed by atoms with Crippen LogP contribution in [0, 0.1) is 6.92 Å². The van der Waals surface area contributed by atoms with Crippen LogP contribution in [-0.4, -0.2) is 23.3 Å². The summed E-state index contributed by atoms with van der Waals surface area (Å²) in [6, 6.07) is 4.35. The molecule has 0 aliphatic carbocycles. The summed E-state index contributed by atoms with van der Waals surface area (Å²) in [5, 5.41) is 9.72. The van der Waals surface area contributed by atoms with Gasteiger partial charge in [-0.15, -0.1) is 0 Å². The quantitative estimate of drug-likeness (QED) is 0.880. The van der Waals surface area contributed by atoms with Crippen molar-refractivity contribution in [3.8, 4) is 5.75 Å². The van der Waals surface area contributed by atoms with Gasteiger partial charge in [0.15, 0.2) is 11.6 Å². The van der Waals surface area contributed by atoms with E-state index in [1.54, 1.807) is 25.1 Å². The highest BCUT2D eigenvalue weighted by Gasteiger charge is 2.19. The first-order valence-electron chi connectivity index (χ1n) is 6.75. The van der Waals surface area contributed by atoms with Crippen molar-refractivity contribution in [3.63, 3.8) is 0 Å². The van der Waals surface area contributed by atoms with Gasteiger partial charge in [-0.1, -0.05) is 29.7 Å². The second-order valence-electron chi connectivity index (χ2n) is 4.55. The van der Waals surface area contributed by atoms with E-state index in [2.05, 4.69) is 20.8 Å². The number of anilines is 1. The summed E-state index contributed by atoms with van der Waals surface area (Å²) >= 11 is 6.02. The number of halogens is 1. The van der Waals surface area contributed by atoms with Crippen molar-refractivity contribution in [1.82, 2.24) is 15.5 Å². The van der Waals surface area contributed by atoms with Crippen LogP contribution in [-0.2, 0) is 0 Å². The fourth-order valence-electron chi connectivity index (χ4n) is 1.94. The summed E-state index contributed by atoms with van der Waals surface area (Å²) in [4.78, 5) is 16.3. The van der Waals surface area contributed by atoms with Crippen molar-refractivity contribution in [2.24, 2.45) is 0 Å². The summed E-state index contributed by atoms with van der Waals surface area (Å²) in [5.41, 5.74) is 0.478. The van der Waals surface area contributed by atoms with E-state index in [0.717, 1.165) is 0 Å². The van der Waals surface area contributed by atoms with Gasteiger partial charge < -0.3 is 19.9 Å². The summed E-state index contributed by atoms with van der Waals surface area (Å²) in [6.45, 7) is 3.61. The maximum Gasteiger partial charge on any atom is 0.319 e. The van der Waals surface area contributed by atoms with Crippen molar-refractivity contribution in [1.29, 1.82) is 0 Å². The molecule has 7 nitrogen and oxygen atoms in total. The molecule has 0 bridgehead atoms. The molecule has 2 amide bonds. The standard InChI is InChI=1S/C14H17ClN4O3/c1-4-10(13-16-8(2)22-19-13)17-14(20)18-11-7-5-6-9(15)12(11)21-3/h5-7,10H,4H2,1-3H3,(H2,17,18,20). The second-order valence-corrected chi connectivity index (χ2v) is 4.96. The Hall–Kier alpha value is -2.28. The van der Waals surface area contributed by atoms with E-state index in [1.807, 2.05) is 6.92 Å². The number of aromatic nitrogens is 2. The van der Waals surface area contributed by atoms with Gasteiger partial charge in [0, 0.05) is 6.92 Å². The van der Waals surface area contributed by atoms with Gasteiger partial charge in [0.2, 0.25) is 5.89 Å². The normalized spacial score (nSPS) is 11.8. The first-order valence-corrected chi connectivity index (χ1v) is 7.13. The van der Waals surface area contributed by atoms with Gasteiger partial charge in [-0.25, -0.2) is 4.79 Å². The first kappa shape index (κ1) is 16.1. The molecule has 1 unspecified atom stereocenters. The Morgan fingerprint density at radius 2 is 2.27 bits per heavy atom. The van der Waals surface area contributed by atoms with E-state index in [4.69, 9.17) is 20.9 Å². The fourth-order valence-corrected chi connectivity index (χ4v) is 2.19. The zero-order valence-electron chi connectivity index (χ0n) is 12.5. The summed E-state index contributed by atoms with van der Waals surface area (Å²) in [7, 11) is 1.49. The molecule has 1 aromatic heterocycles. The number of aryl methyl sites for hydroxylation is 1. The molecule has 0 saturated carbocycles. The molecule has 1 heterocycles. The van der Waals surface area contributed by atoms with E-state index in [9.17, 15) is 4.79 Å². The van der Waals surface area contributed by atoms with Gasteiger partial charge in [0.1, 0.15) is 0 Å². The van der Waals surface area contributed by atoms with Crippen molar-refractivity contribution < 1.29 is 14.1 Å². The predicted octanol–water partition coefficient (Wildman–Crippen LogP) is 3.31. The van der Waals surface area contributed by atoms with Crippen LogP contribution < -0.4 is 15.4 Å². The zero-order chi connectivity index (χ0) is 16.1. The Morgan fingerprint density at radius 3 is 2.86 bits per heavy atom. The molecule has 8 heteroatoms. The highest BCUT2D eigenvalue weighted by atomic mass is 35.5. The lowest BCUT2D eigenvalue weighted by Gasteiger charge is -2.15. The lowest BCUT2D eigenvalue weighted by atomic mass is 10.2. The zero-order valence-corrected chi connectivity index (χ0v) is 13.3. The van der Waals surface area contributed by atoms with E-state index >= 15 is 0 Å². The van der Waals surface area contributed by atoms with Crippen LogP contribution in [0.3, 0.4) is 0 Å². The molecule has 22 heavy (non-hydrogen) atoms. The molecule has 2 aromatic rings. The first-order chi connectivity index (χ1) is 10.5. The topological polar surface area (TPSA) is 89.3 Å². The van der Waals surface area contributed by atoms with Gasteiger partial charge in [-0.2, -0.15) is 4.98 Å². The maximum atomic E-state index is 12.1. The van der Waals surface area contributed by atoms with Crippen LogP contribution in [0.15, 0.2) is 22.7 Å². The monoisotopic (exact) mass is 324 g/mol. The molecule has 1 atom stereocenters. The third-order valence-electron chi connectivity index (χ3n) is 2.99. The van der Waals surface area contributed by atoms with Crippen LogP contribution in [0.4, 0.5) is 10.5 Å². The SMILES string of the molecule is CCC(NC(=O)Nc1cccc(Cl)c1OC)c1noc(C)n1. The molecule has 0 radical (unpaired) electrons. The van der Waals surface area contributed by atoms with E-state index in [1.165, 1.54) is 7.11 Å². The number of para-hydroxylation sites is 1. The summed E-state index contributed by atoms with van der Waals surface area (Å²) in [6.07, 6.45) is 0.624. The molecule has 0 spiro atoms. The minimum absolute atomic E-state index is 0.345. The number of nitrogens with one attached hydrogen (secondary N) is 2. The lowest BCUT2D eigenvalue weighted by Crippen LogP contribution is -2.33. The molecule has 2 rings (SSSR count). The third-order valence-corrected chi connectivity index (χ3v) is 3.29. The number of methoxy groups -OCH3 is 1. The number of carbonyl (C=O) groups excluding carboxylic acids is 1. The van der Waals surface area contributed by atoms with Crippen LogP contribution in [0.1, 0.15) is 31.1 Å². The van der Waals surface area contributed by atoms with Crippen LogP contribution in [0.5, 0.6) is 5.75 Å². The summed E-state index contributed by atoms with van der Waals surface area (Å²) in [5.74, 6) is 1.29. The van der Waals surface area contributed by atoms with Crippen LogP contribution in [0.2, 0.25) is 5.02 Å². The Labute approximate surface area is 133 Å². The number of hydrogen-bond donors (Lipinski definition) is 2. The van der Waals surface area contributed by atoms with Crippen molar-refractivity contribution in [2.45, 2.75) is 26.3 Å². The highest BCUT2D eigenvalue weighted by molar-refractivity contribution is 6.32.